The highest BCUT2D eigenvalue weighted by atomic mass is 32.2. The molecule has 7 nitrogen and oxygen atoms in total. The second kappa shape index (κ2) is 5.25. The number of carbonyl (C=O) groups excluding carboxylic acids is 2. The summed E-state index contributed by atoms with van der Waals surface area (Å²) in [6, 6.07) is 3.88. The third-order valence-electron chi connectivity index (χ3n) is 4.66. The summed E-state index contributed by atoms with van der Waals surface area (Å²) in [4.78, 5) is 25.3. The van der Waals surface area contributed by atoms with Crippen LogP contribution < -0.4 is 10.0 Å². The summed E-state index contributed by atoms with van der Waals surface area (Å²) in [5.41, 5.74) is -1.14. The van der Waals surface area contributed by atoms with Crippen molar-refractivity contribution in [2.45, 2.75) is 30.7 Å². The van der Waals surface area contributed by atoms with Crippen LogP contribution in [0.1, 0.15) is 20.3 Å². The lowest BCUT2D eigenvalue weighted by Gasteiger charge is -2.14. The number of amides is 3. The van der Waals surface area contributed by atoms with Crippen LogP contribution >= 0.6 is 0 Å². The molecule has 3 amide bonds. The summed E-state index contributed by atoms with van der Waals surface area (Å²) in [5, 5.41) is 2.70. The third kappa shape index (κ3) is 2.57. The van der Waals surface area contributed by atoms with E-state index in [0.717, 1.165) is 29.2 Å². The van der Waals surface area contributed by atoms with Gasteiger partial charge in [0.05, 0.1) is 4.90 Å². The number of halogens is 1. The van der Waals surface area contributed by atoms with Gasteiger partial charge in [-0.15, -0.1) is 0 Å². The van der Waals surface area contributed by atoms with E-state index < -0.39 is 27.4 Å². The molecule has 1 aliphatic heterocycles. The fourth-order valence-electron chi connectivity index (χ4n) is 3.02. The number of carbonyl (C=O) groups is 2. The van der Waals surface area contributed by atoms with Gasteiger partial charge in [0.25, 0.3) is 5.91 Å². The third-order valence-corrected chi connectivity index (χ3v) is 6.14. The molecule has 2 aliphatic rings. The molecule has 9 heteroatoms. The number of nitrogens with one attached hydrogen (secondary N) is 2. The number of hydrogen-bond acceptors (Lipinski definition) is 4. The van der Waals surface area contributed by atoms with Gasteiger partial charge >= 0.3 is 6.03 Å². The van der Waals surface area contributed by atoms with Gasteiger partial charge in [0.15, 0.2) is 0 Å². The molecule has 2 fully saturated rings. The zero-order valence-electron chi connectivity index (χ0n) is 13.3. The van der Waals surface area contributed by atoms with Crippen molar-refractivity contribution in [2.75, 3.05) is 13.1 Å². The van der Waals surface area contributed by atoms with Crippen LogP contribution in [0.15, 0.2) is 29.2 Å². The summed E-state index contributed by atoms with van der Waals surface area (Å²) < 4.78 is 39.3. The maximum atomic E-state index is 12.9. The number of imide groups is 1. The summed E-state index contributed by atoms with van der Waals surface area (Å²) in [5.74, 6) is -0.857. The van der Waals surface area contributed by atoms with Crippen molar-refractivity contribution >= 4 is 22.0 Å². The molecule has 0 bridgehead atoms. The molecule has 1 saturated carbocycles. The van der Waals surface area contributed by atoms with Gasteiger partial charge in [-0.25, -0.2) is 22.3 Å². The minimum Gasteiger partial charge on any atom is -0.323 e. The van der Waals surface area contributed by atoms with Crippen LogP contribution in [0.5, 0.6) is 0 Å². The molecule has 0 aromatic heterocycles. The van der Waals surface area contributed by atoms with E-state index in [1.54, 1.807) is 0 Å². The lowest BCUT2D eigenvalue weighted by Crippen LogP contribution is -2.40. The Kier molecular flexibility index (Phi) is 3.68. The van der Waals surface area contributed by atoms with Gasteiger partial charge in [-0.3, -0.25) is 9.69 Å². The van der Waals surface area contributed by atoms with E-state index in [1.165, 1.54) is 0 Å². The molecule has 24 heavy (non-hydrogen) atoms. The SMILES string of the molecule is CC1(C)CC12NC(=O)N(CCNS(=O)(=O)c1ccc(F)cc1)C2=O. The highest BCUT2D eigenvalue weighted by Crippen LogP contribution is 2.58. The van der Waals surface area contributed by atoms with Crippen molar-refractivity contribution < 1.29 is 22.4 Å². The highest BCUT2D eigenvalue weighted by molar-refractivity contribution is 7.89. The fraction of sp³-hybridized carbons (Fsp3) is 0.467. The monoisotopic (exact) mass is 355 g/mol. The molecule has 1 atom stereocenters. The largest absolute Gasteiger partial charge is 0.325 e. The Morgan fingerprint density at radius 2 is 1.83 bits per heavy atom. The quantitative estimate of drug-likeness (QED) is 0.765. The Morgan fingerprint density at radius 1 is 1.25 bits per heavy atom. The van der Waals surface area contributed by atoms with Crippen molar-refractivity contribution in [3.05, 3.63) is 30.1 Å². The summed E-state index contributed by atoms with van der Waals surface area (Å²) in [7, 11) is -3.83. The molecule has 1 unspecified atom stereocenters. The van der Waals surface area contributed by atoms with Gasteiger partial charge in [0, 0.05) is 13.1 Å². The number of hydrogen-bond donors (Lipinski definition) is 2. The average molecular weight is 355 g/mol. The standard InChI is InChI=1S/C15H18FN3O4S/c1-14(2)9-15(14)12(20)19(13(21)18-15)8-7-17-24(22,23)11-5-3-10(16)4-6-11/h3-6,17H,7-9H2,1-2H3,(H,18,21). The molecule has 2 N–H and O–H groups in total. The molecule has 1 aromatic carbocycles. The van der Waals surface area contributed by atoms with Gasteiger partial charge < -0.3 is 5.32 Å². The fourth-order valence-corrected chi connectivity index (χ4v) is 4.04. The smallest absolute Gasteiger partial charge is 0.323 e. The number of nitrogens with zero attached hydrogens (tertiary/aromatic N) is 1. The van der Waals surface area contributed by atoms with E-state index in [-0.39, 0.29) is 29.3 Å². The molecule has 1 heterocycles. The predicted molar refractivity (Wildman–Crippen MR) is 83.0 cm³/mol. The Hall–Kier alpha value is -2.00. The zero-order valence-corrected chi connectivity index (χ0v) is 14.1. The Labute approximate surface area is 139 Å². The number of rotatable bonds is 5. The molecule has 0 radical (unpaired) electrons. The van der Waals surface area contributed by atoms with Gasteiger partial charge in [-0.05, 0) is 36.1 Å². The molecule has 3 rings (SSSR count). The molecule has 130 valence electrons. The van der Waals surface area contributed by atoms with Crippen molar-refractivity contribution in [3.8, 4) is 0 Å². The van der Waals surface area contributed by atoms with Crippen LogP contribution in [-0.4, -0.2) is 43.9 Å². The van der Waals surface area contributed by atoms with Crippen LogP contribution in [0.3, 0.4) is 0 Å². The van der Waals surface area contributed by atoms with E-state index in [4.69, 9.17) is 0 Å². The molecule has 1 spiro atoms. The molecule has 1 aromatic rings. The first-order chi connectivity index (χ1) is 11.1. The lowest BCUT2D eigenvalue weighted by atomic mass is 10.1. The molecular weight excluding hydrogens is 337 g/mol. The lowest BCUT2D eigenvalue weighted by molar-refractivity contribution is -0.129. The predicted octanol–water partition coefficient (Wildman–Crippen LogP) is 0.824. The first-order valence-corrected chi connectivity index (χ1v) is 8.97. The second-order valence-corrected chi connectivity index (χ2v) is 8.47. The van der Waals surface area contributed by atoms with E-state index in [0.29, 0.717) is 6.42 Å². The van der Waals surface area contributed by atoms with E-state index >= 15 is 0 Å². The normalized spacial score (nSPS) is 25.2. The first kappa shape index (κ1) is 16.8. The number of sulfonamides is 1. The zero-order chi connectivity index (χ0) is 17.8. The minimum atomic E-state index is -3.83. The van der Waals surface area contributed by atoms with Crippen molar-refractivity contribution in [2.24, 2.45) is 5.41 Å². The van der Waals surface area contributed by atoms with Crippen LogP contribution in [0.4, 0.5) is 9.18 Å². The van der Waals surface area contributed by atoms with Crippen molar-refractivity contribution in [3.63, 3.8) is 0 Å². The summed E-state index contributed by atoms with van der Waals surface area (Å²) >= 11 is 0. The topological polar surface area (TPSA) is 95.6 Å². The highest BCUT2D eigenvalue weighted by Gasteiger charge is 2.72. The Morgan fingerprint density at radius 3 is 2.33 bits per heavy atom. The van der Waals surface area contributed by atoms with Crippen LogP contribution in [0.2, 0.25) is 0 Å². The van der Waals surface area contributed by atoms with Gasteiger partial charge in [-0.2, -0.15) is 0 Å². The second-order valence-electron chi connectivity index (χ2n) is 6.70. The van der Waals surface area contributed by atoms with Crippen LogP contribution in [0, 0.1) is 11.2 Å². The van der Waals surface area contributed by atoms with E-state index in [9.17, 15) is 22.4 Å². The van der Waals surface area contributed by atoms with Gasteiger partial charge in [0.1, 0.15) is 11.4 Å². The van der Waals surface area contributed by atoms with Crippen molar-refractivity contribution in [1.29, 1.82) is 0 Å². The van der Waals surface area contributed by atoms with Crippen molar-refractivity contribution in [1.82, 2.24) is 14.9 Å². The Bertz CT molecular complexity index is 807. The first-order valence-electron chi connectivity index (χ1n) is 7.48. The van der Waals surface area contributed by atoms with E-state index in [1.807, 2.05) is 13.8 Å². The molecule has 1 aliphatic carbocycles. The van der Waals surface area contributed by atoms with Gasteiger partial charge in [0.2, 0.25) is 10.0 Å². The summed E-state index contributed by atoms with van der Waals surface area (Å²) in [6.07, 6.45) is 0.572. The number of benzene rings is 1. The average Bonchev–Trinajstić information content (AvgIpc) is 2.96. The molecular formula is C15H18FN3O4S. The van der Waals surface area contributed by atoms with Crippen LogP contribution in [-0.2, 0) is 14.8 Å². The van der Waals surface area contributed by atoms with Crippen LogP contribution in [0.25, 0.3) is 0 Å². The molecule has 1 saturated heterocycles. The number of urea groups is 1. The maximum Gasteiger partial charge on any atom is 0.325 e. The summed E-state index contributed by atoms with van der Waals surface area (Å²) in [6.45, 7) is 3.61. The van der Waals surface area contributed by atoms with E-state index in [2.05, 4.69) is 10.0 Å². The maximum absolute atomic E-state index is 12.9. The Balaban J connectivity index is 1.62. The minimum absolute atomic E-state index is 0.0665. The van der Waals surface area contributed by atoms with Gasteiger partial charge in [-0.1, -0.05) is 13.8 Å².